The van der Waals surface area contributed by atoms with Crippen LogP contribution in [0, 0.1) is 6.92 Å². The molecule has 2 aromatic rings. The second-order valence-electron chi connectivity index (χ2n) is 4.87. The van der Waals surface area contributed by atoms with Crippen LogP contribution < -0.4 is 9.46 Å². The van der Waals surface area contributed by atoms with Gasteiger partial charge in [0.15, 0.2) is 0 Å². The van der Waals surface area contributed by atoms with E-state index >= 15 is 0 Å². The summed E-state index contributed by atoms with van der Waals surface area (Å²) in [6.07, 6.45) is 1.50. The van der Waals surface area contributed by atoms with E-state index in [1.54, 1.807) is 28.0 Å². The average Bonchev–Trinajstić information content (AvgIpc) is 2.78. The zero-order valence-electron chi connectivity index (χ0n) is 12.5. The smallest absolute Gasteiger partial charge is 0.244 e. The predicted molar refractivity (Wildman–Crippen MR) is 79.7 cm³/mol. The first-order chi connectivity index (χ1) is 9.83. The zero-order chi connectivity index (χ0) is 15.6. The summed E-state index contributed by atoms with van der Waals surface area (Å²) in [6.45, 7) is 3.46. The first kappa shape index (κ1) is 15.5. The van der Waals surface area contributed by atoms with Crippen LogP contribution in [-0.4, -0.2) is 25.3 Å². The highest BCUT2D eigenvalue weighted by Gasteiger charge is 2.22. The maximum Gasteiger partial charge on any atom is 0.244 e. The molecule has 0 fully saturated rings. The number of nitrogens with zero attached hydrogens (tertiary/aromatic N) is 2. The van der Waals surface area contributed by atoms with Gasteiger partial charge in [0.25, 0.3) is 0 Å². The first-order valence-electron chi connectivity index (χ1n) is 6.50. The van der Waals surface area contributed by atoms with Crippen LogP contribution in [0.4, 0.5) is 0 Å². The minimum atomic E-state index is -3.61. The number of rotatable bonds is 5. The summed E-state index contributed by atoms with van der Waals surface area (Å²) in [5, 5.41) is 4.06. The van der Waals surface area contributed by atoms with Gasteiger partial charge in [-0.25, -0.2) is 13.1 Å². The van der Waals surface area contributed by atoms with E-state index < -0.39 is 10.0 Å². The molecule has 1 aromatic carbocycles. The minimum Gasteiger partial charge on any atom is -0.497 e. The molecule has 0 saturated carbocycles. The number of nitrogens with one attached hydrogen (secondary N) is 1. The fraction of sp³-hybridized carbons (Fsp3) is 0.357. The SMILES string of the molecule is COc1cccc(C(C)NS(=O)(=O)c2cn(C)nc2C)c1. The lowest BCUT2D eigenvalue weighted by molar-refractivity contribution is 0.413. The molecule has 114 valence electrons. The van der Waals surface area contributed by atoms with E-state index in [0.29, 0.717) is 11.4 Å². The molecule has 0 amide bonds. The maximum atomic E-state index is 12.4. The number of hydrogen-bond acceptors (Lipinski definition) is 4. The van der Waals surface area contributed by atoms with Crippen molar-refractivity contribution in [2.45, 2.75) is 24.8 Å². The summed E-state index contributed by atoms with van der Waals surface area (Å²) < 4.78 is 34.1. The van der Waals surface area contributed by atoms with Gasteiger partial charge in [-0.3, -0.25) is 4.68 Å². The third kappa shape index (κ3) is 3.43. The topological polar surface area (TPSA) is 73.2 Å². The van der Waals surface area contributed by atoms with Crippen molar-refractivity contribution in [1.82, 2.24) is 14.5 Å². The molecule has 0 aliphatic heterocycles. The summed E-state index contributed by atoms with van der Waals surface area (Å²) in [6, 6.07) is 6.93. The van der Waals surface area contributed by atoms with Crippen molar-refractivity contribution in [3.63, 3.8) is 0 Å². The van der Waals surface area contributed by atoms with Crippen LogP contribution in [-0.2, 0) is 17.1 Å². The molecular weight excluding hydrogens is 290 g/mol. The molecule has 0 aliphatic rings. The highest BCUT2D eigenvalue weighted by Crippen LogP contribution is 2.21. The Labute approximate surface area is 124 Å². The number of hydrogen-bond donors (Lipinski definition) is 1. The van der Waals surface area contributed by atoms with Crippen molar-refractivity contribution < 1.29 is 13.2 Å². The van der Waals surface area contributed by atoms with Crippen LogP contribution in [0.15, 0.2) is 35.4 Å². The molecule has 0 bridgehead atoms. The van der Waals surface area contributed by atoms with Gasteiger partial charge < -0.3 is 4.74 Å². The molecule has 1 aromatic heterocycles. The van der Waals surface area contributed by atoms with Crippen molar-refractivity contribution in [1.29, 1.82) is 0 Å². The standard InChI is InChI=1S/C14H19N3O3S/c1-10(12-6-5-7-13(8-12)20-4)16-21(18,19)14-9-17(3)15-11(14)2/h5-10,16H,1-4H3. The molecule has 0 aliphatic carbocycles. The molecular formula is C14H19N3O3S. The van der Waals surface area contributed by atoms with Crippen LogP contribution in [0.1, 0.15) is 24.2 Å². The average molecular weight is 309 g/mol. The number of aryl methyl sites for hydroxylation is 2. The van der Waals surface area contributed by atoms with E-state index in [9.17, 15) is 8.42 Å². The Balaban J connectivity index is 2.25. The Hall–Kier alpha value is -1.86. The van der Waals surface area contributed by atoms with Gasteiger partial charge in [-0.05, 0) is 31.5 Å². The Kier molecular flexibility index (Phi) is 4.34. The third-order valence-electron chi connectivity index (χ3n) is 3.18. The van der Waals surface area contributed by atoms with Crippen LogP contribution in [0.2, 0.25) is 0 Å². The van der Waals surface area contributed by atoms with Crippen molar-refractivity contribution in [2.24, 2.45) is 7.05 Å². The van der Waals surface area contributed by atoms with Crippen LogP contribution in [0.25, 0.3) is 0 Å². The molecule has 1 unspecified atom stereocenters. The second-order valence-corrected chi connectivity index (χ2v) is 6.55. The molecule has 1 atom stereocenters. The fourth-order valence-electron chi connectivity index (χ4n) is 2.12. The van der Waals surface area contributed by atoms with Gasteiger partial charge in [-0.15, -0.1) is 0 Å². The van der Waals surface area contributed by atoms with Crippen LogP contribution in [0.5, 0.6) is 5.75 Å². The number of benzene rings is 1. The quantitative estimate of drug-likeness (QED) is 0.913. The highest BCUT2D eigenvalue weighted by molar-refractivity contribution is 7.89. The number of methoxy groups -OCH3 is 1. The monoisotopic (exact) mass is 309 g/mol. The summed E-state index contributed by atoms with van der Waals surface area (Å²) in [5.74, 6) is 0.691. The Morgan fingerprint density at radius 1 is 1.38 bits per heavy atom. The second kappa shape index (κ2) is 5.87. The zero-order valence-corrected chi connectivity index (χ0v) is 13.3. The summed E-state index contributed by atoms with van der Waals surface area (Å²) in [4.78, 5) is 0.194. The van der Waals surface area contributed by atoms with E-state index in [2.05, 4.69) is 9.82 Å². The van der Waals surface area contributed by atoms with Crippen molar-refractivity contribution in [3.8, 4) is 5.75 Å². The van der Waals surface area contributed by atoms with Crippen molar-refractivity contribution >= 4 is 10.0 Å². The third-order valence-corrected chi connectivity index (χ3v) is 4.83. The number of aromatic nitrogens is 2. The normalized spacial score (nSPS) is 13.1. The molecule has 0 spiro atoms. The molecule has 1 N–H and O–H groups in total. The lowest BCUT2D eigenvalue weighted by Crippen LogP contribution is -2.27. The molecule has 2 rings (SSSR count). The first-order valence-corrected chi connectivity index (χ1v) is 7.98. The summed E-state index contributed by atoms with van der Waals surface area (Å²) in [7, 11) is -0.343. The summed E-state index contributed by atoms with van der Waals surface area (Å²) >= 11 is 0. The van der Waals surface area contributed by atoms with E-state index in [1.807, 2.05) is 24.3 Å². The van der Waals surface area contributed by atoms with Gasteiger partial charge in [0.1, 0.15) is 10.6 Å². The molecule has 6 nitrogen and oxygen atoms in total. The molecule has 0 radical (unpaired) electrons. The van der Waals surface area contributed by atoms with Crippen LogP contribution >= 0.6 is 0 Å². The molecule has 7 heteroatoms. The Morgan fingerprint density at radius 3 is 2.67 bits per heavy atom. The largest absolute Gasteiger partial charge is 0.497 e. The summed E-state index contributed by atoms with van der Waals surface area (Å²) in [5.41, 5.74) is 1.31. The van der Waals surface area contributed by atoms with E-state index in [-0.39, 0.29) is 10.9 Å². The fourth-order valence-corrected chi connectivity index (χ4v) is 3.57. The molecule has 21 heavy (non-hydrogen) atoms. The lowest BCUT2D eigenvalue weighted by Gasteiger charge is -2.15. The van der Waals surface area contributed by atoms with Crippen LogP contribution in [0.3, 0.4) is 0 Å². The maximum absolute atomic E-state index is 12.4. The van der Waals surface area contributed by atoms with Crippen molar-refractivity contribution in [2.75, 3.05) is 7.11 Å². The van der Waals surface area contributed by atoms with Gasteiger partial charge >= 0.3 is 0 Å². The van der Waals surface area contributed by atoms with E-state index in [4.69, 9.17) is 4.74 Å². The van der Waals surface area contributed by atoms with E-state index in [0.717, 1.165) is 5.56 Å². The predicted octanol–water partition coefficient (Wildman–Crippen LogP) is 1.78. The van der Waals surface area contributed by atoms with E-state index in [1.165, 1.54) is 10.9 Å². The van der Waals surface area contributed by atoms with Gasteiger partial charge in [0.2, 0.25) is 10.0 Å². The van der Waals surface area contributed by atoms with Gasteiger partial charge in [0.05, 0.1) is 12.8 Å². The Morgan fingerprint density at radius 2 is 2.10 bits per heavy atom. The number of sulfonamides is 1. The lowest BCUT2D eigenvalue weighted by atomic mass is 10.1. The van der Waals surface area contributed by atoms with Crippen molar-refractivity contribution in [3.05, 3.63) is 41.7 Å². The van der Waals surface area contributed by atoms with Gasteiger partial charge in [0, 0.05) is 19.3 Å². The molecule has 0 saturated heterocycles. The van der Waals surface area contributed by atoms with Gasteiger partial charge in [-0.1, -0.05) is 12.1 Å². The van der Waals surface area contributed by atoms with Gasteiger partial charge in [-0.2, -0.15) is 5.10 Å². The Bertz CT molecular complexity index is 738. The number of ether oxygens (including phenoxy) is 1. The highest BCUT2D eigenvalue weighted by atomic mass is 32.2. The molecule has 1 heterocycles. The minimum absolute atomic E-state index is 0.194.